The number of thiol groups is 1. The summed E-state index contributed by atoms with van der Waals surface area (Å²) >= 11 is 4.52. The minimum absolute atomic E-state index is 0.482. The lowest BCUT2D eigenvalue weighted by Crippen LogP contribution is -2.45. The maximum atomic E-state index is 5.79. The Hall–Kier alpha value is 0.270. The number of ether oxygens (including phenoxy) is 1. The van der Waals surface area contributed by atoms with Crippen LogP contribution in [0.3, 0.4) is 0 Å². The van der Waals surface area contributed by atoms with Gasteiger partial charge in [0.05, 0.1) is 6.10 Å². The Labute approximate surface area is 105 Å². The van der Waals surface area contributed by atoms with E-state index >= 15 is 0 Å². The van der Waals surface area contributed by atoms with Crippen LogP contribution in [0.5, 0.6) is 0 Å². The molecule has 2 rings (SSSR count). The molecule has 0 spiro atoms. The second-order valence-electron chi connectivity index (χ2n) is 5.70. The number of rotatable bonds is 5. The summed E-state index contributed by atoms with van der Waals surface area (Å²) in [6.45, 7) is 3.28. The van der Waals surface area contributed by atoms with Gasteiger partial charge in [0, 0.05) is 19.7 Å². The third kappa shape index (κ3) is 3.14. The smallest absolute Gasteiger partial charge is 0.0701 e. The van der Waals surface area contributed by atoms with E-state index in [1.807, 2.05) is 0 Å². The minimum atomic E-state index is 0.482. The van der Waals surface area contributed by atoms with Crippen LogP contribution in [-0.4, -0.2) is 43.5 Å². The number of nitrogens with zero attached hydrogens (tertiary/aromatic N) is 1. The van der Waals surface area contributed by atoms with Crippen LogP contribution in [0.15, 0.2) is 0 Å². The molecule has 2 fully saturated rings. The van der Waals surface area contributed by atoms with Gasteiger partial charge < -0.3 is 9.64 Å². The first kappa shape index (κ1) is 12.7. The molecule has 1 saturated heterocycles. The van der Waals surface area contributed by atoms with E-state index in [4.69, 9.17) is 4.74 Å². The first-order chi connectivity index (χ1) is 7.74. The molecule has 16 heavy (non-hydrogen) atoms. The highest BCUT2D eigenvalue weighted by Crippen LogP contribution is 2.42. The zero-order valence-electron chi connectivity index (χ0n) is 10.5. The summed E-state index contributed by atoms with van der Waals surface area (Å²) in [5, 5.41) is 0. The Balaban J connectivity index is 1.72. The van der Waals surface area contributed by atoms with E-state index in [-0.39, 0.29) is 0 Å². The van der Waals surface area contributed by atoms with Gasteiger partial charge in [-0.1, -0.05) is 6.42 Å². The predicted molar refractivity (Wildman–Crippen MR) is 71.2 cm³/mol. The molecule has 0 N–H and O–H groups in total. The van der Waals surface area contributed by atoms with Crippen LogP contribution in [0.4, 0.5) is 0 Å². The normalized spacial score (nSPS) is 29.1. The first-order valence-electron chi connectivity index (χ1n) is 6.65. The van der Waals surface area contributed by atoms with Gasteiger partial charge in [-0.2, -0.15) is 12.6 Å². The van der Waals surface area contributed by atoms with Gasteiger partial charge in [0.2, 0.25) is 0 Å². The van der Waals surface area contributed by atoms with Gasteiger partial charge in [-0.15, -0.1) is 0 Å². The van der Waals surface area contributed by atoms with Crippen LogP contribution in [0.1, 0.15) is 38.5 Å². The maximum Gasteiger partial charge on any atom is 0.0701 e. The van der Waals surface area contributed by atoms with Crippen LogP contribution in [-0.2, 0) is 4.74 Å². The van der Waals surface area contributed by atoms with Gasteiger partial charge in [-0.3, -0.25) is 0 Å². The average Bonchev–Trinajstić information content (AvgIpc) is 2.25. The van der Waals surface area contributed by atoms with E-state index in [0.29, 0.717) is 11.5 Å². The van der Waals surface area contributed by atoms with Crippen LogP contribution in [0.2, 0.25) is 0 Å². The molecule has 1 aliphatic carbocycles. The van der Waals surface area contributed by atoms with Crippen LogP contribution in [0.25, 0.3) is 0 Å². The van der Waals surface area contributed by atoms with E-state index in [1.165, 1.54) is 45.1 Å². The molecule has 2 nitrogen and oxygen atoms in total. The quantitative estimate of drug-likeness (QED) is 0.745. The summed E-state index contributed by atoms with van der Waals surface area (Å²) in [4.78, 5) is 2.46. The lowest BCUT2D eigenvalue weighted by Gasteiger charge is -2.44. The SMILES string of the molecule is CN(CC1CCCCO1)CC1(CS)CCC1. The summed E-state index contributed by atoms with van der Waals surface area (Å²) in [7, 11) is 2.24. The molecule has 0 aromatic heterocycles. The zero-order valence-corrected chi connectivity index (χ0v) is 11.3. The fourth-order valence-corrected chi connectivity index (χ4v) is 3.40. The second-order valence-corrected chi connectivity index (χ2v) is 6.01. The Kier molecular flexibility index (Phi) is 4.57. The minimum Gasteiger partial charge on any atom is -0.377 e. The van der Waals surface area contributed by atoms with Crippen molar-refractivity contribution in [2.24, 2.45) is 5.41 Å². The average molecular weight is 243 g/mol. The largest absolute Gasteiger partial charge is 0.377 e. The standard InChI is InChI=1S/C13H25NOS/c1-14(9-12-5-2-3-8-15-12)10-13(11-16)6-4-7-13/h12,16H,2-11H2,1H3. The van der Waals surface area contributed by atoms with Crippen molar-refractivity contribution in [3.8, 4) is 0 Å². The maximum absolute atomic E-state index is 5.79. The molecule has 1 heterocycles. The van der Waals surface area contributed by atoms with Crippen molar-refractivity contribution in [2.45, 2.75) is 44.6 Å². The summed E-state index contributed by atoms with van der Waals surface area (Å²) in [5.41, 5.74) is 0.520. The van der Waals surface area contributed by atoms with Gasteiger partial charge in [-0.25, -0.2) is 0 Å². The topological polar surface area (TPSA) is 12.5 Å². The molecule has 1 saturated carbocycles. The molecule has 2 aliphatic rings. The van der Waals surface area contributed by atoms with E-state index in [0.717, 1.165) is 18.9 Å². The van der Waals surface area contributed by atoms with Crippen molar-refractivity contribution < 1.29 is 4.74 Å². The molecule has 1 atom stereocenters. The summed E-state index contributed by atoms with van der Waals surface area (Å²) in [5.74, 6) is 1.04. The third-order valence-electron chi connectivity index (χ3n) is 4.14. The molecule has 0 aromatic rings. The van der Waals surface area contributed by atoms with E-state index in [9.17, 15) is 0 Å². The van der Waals surface area contributed by atoms with Crippen molar-refractivity contribution in [3.63, 3.8) is 0 Å². The van der Waals surface area contributed by atoms with Crippen LogP contribution < -0.4 is 0 Å². The van der Waals surface area contributed by atoms with Gasteiger partial charge in [0.1, 0.15) is 0 Å². The lowest BCUT2D eigenvalue weighted by molar-refractivity contribution is -0.0121. The van der Waals surface area contributed by atoms with Gasteiger partial charge in [0.25, 0.3) is 0 Å². The predicted octanol–water partition coefficient (Wildman–Crippen LogP) is 2.59. The number of hydrogen-bond acceptors (Lipinski definition) is 3. The van der Waals surface area contributed by atoms with Crippen molar-refractivity contribution in [1.29, 1.82) is 0 Å². The molecule has 94 valence electrons. The van der Waals surface area contributed by atoms with Gasteiger partial charge in [0.15, 0.2) is 0 Å². The second kappa shape index (κ2) is 5.74. The van der Waals surface area contributed by atoms with Crippen LogP contribution in [0, 0.1) is 5.41 Å². The van der Waals surface area contributed by atoms with E-state index in [2.05, 4.69) is 24.6 Å². The summed E-state index contributed by atoms with van der Waals surface area (Å²) < 4.78 is 5.79. The molecule has 0 radical (unpaired) electrons. The molecule has 1 unspecified atom stereocenters. The highest BCUT2D eigenvalue weighted by molar-refractivity contribution is 7.80. The Morgan fingerprint density at radius 1 is 1.31 bits per heavy atom. The first-order valence-corrected chi connectivity index (χ1v) is 7.28. The molecule has 0 amide bonds. The van der Waals surface area contributed by atoms with Crippen molar-refractivity contribution in [1.82, 2.24) is 4.90 Å². The molecule has 3 heteroatoms. The number of likely N-dealkylation sites (N-methyl/N-ethyl adjacent to an activating group) is 1. The van der Waals surface area contributed by atoms with Gasteiger partial charge in [-0.05, 0) is 50.3 Å². The Morgan fingerprint density at radius 2 is 2.12 bits per heavy atom. The Bertz CT molecular complexity index is 206. The molecule has 0 bridgehead atoms. The summed E-state index contributed by atoms with van der Waals surface area (Å²) in [6.07, 6.45) is 8.46. The van der Waals surface area contributed by atoms with E-state index < -0.39 is 0 Å². The van der Waals surface area contributed by atoms with Crippen molar-refractivity contribution in [3.05, 3.63) is 0 Å². The number of hydrogen-bond donors (Lipinski definition) is 1. The lowest BCUT2D eigenvalue weighted by atomic mass is 9.70. The zero-order chi connectivity index (χ0) is 11.4. The van der Waals surface area contributed by atoms with Gasteiger partial charge >= 0.3 is 0 Å². The fraction of sp³-hybridized carbons (Fsp3) is 1.00. The highest BCUT2D eigenvalue weighted by atomic mass is 32.1. The summed E-state index contributed by atoms with van der Waals surface area (Å²) in [6, 6.07) is 0. The van der Waals surface area contributed by atoms with Crippen molar-refractivity contribution >= 4 is 12.6 Å². The molecular weight excluding hydrogens is 218 g/mol. The molecule has 1 aliphatic heterocycles. The molecule has 0 aromatic carbocycles. The highest BCUT2D eigenvalue weighted by Gasteiger charge is 2.36. The van der Waals surface area contributed by atoms with Crippen molar-refractivity contribution in [2.75, 3.05) is 32.5 Å². The monoisotopic (exact) mass is 243 g/mol. The molecular formula is C13H25NOS. The third-order valence-corrected chi connectivity index (χ3v) is 4.82. The van der Waals surface area contributed by atoms with Crippen LogP contribution >= 0.6 is 12.6 Å². The fourth-order valence-electron chi connectivity index (χ4n) is 2.98. The Morgan fingerprint density at radius 3 is 2.62 bits per heavy atom. The van der Waals surface area contributed by atoms with E-state index in [1.54, 1.807) is 0 Å².